The second-order valence-electron chi connectivity index (χ2n) is 7.49. The first-order valence-corrected chi connectivity index (χ1v) is 8.61. The van der Waals surface area contributed by atoms with Gasteiger partial charge in [-0.15, -0.1) is 0 Å². The Kier molecular flexibility index (Phi) is 3.56. The summed E-state index contributed by atoms with van der Waals surface area (Å²) in [7, 11) is 0. The van der Waals surface area contributed by atoms with Crippen LogP contribution in [0.5, 0.6) is 0 Å². The summed E-state index contributed by atoms with van der Waals surface area (Å²) in [5.74, 6) is 1.03. The van der Waals surface area contributed by atoms with Crippen molar-refractivity contribution in [3.05, 3.63) is 23.9 Å². The van der Waals surface area contributed by atoms with Crippen molar-refractivity contribution in [2.45, 2.75) is 45.3 Å². The molecule has 2 saturated heterocycles. The largest absolute Gasteiger partial charge is 0.458 e. The zero-order valence-electron chi connectivity index (χ0n) is 13.8. The highest BCUT2D eigenvalue weighted by Crippen LogP contribution is 2.53. The molecule has 0 bridgehead atoms. The van der Waals surface area contributed by atoms with Crippen molar-refractivity contribution in [3.8, 4) is 0 Å². The highest BCUT2D eigenvalue weighted by Gasteiger charge is 2.61. The highest BCUT2D eigenvalue weighted by atomic mass is 16.6. The molecule has 0 N–H and O–H groups in total. The van der Waals surface area contributed by atoms with Gasteiger partial charge in [-0.05, 0) is 31.4 Å². The van der Waals surface area contributed by atoms with E-state index >= 15 is 0 Å². The molecule has 4 rings (SSSR count). The van der Waals surface area contributed by atoms with Crippen LogP contribution in [0.1, 0.15) is 43.5 Å². The van der Waals surface area contributed by atoms with E-state index in [-0.39, 0.29) is 23.6 Å². The SMILES string of the molecule is CC1(C)[C@@H]2OCC[C@@H]2[C@@H]1OC(=O)c1ccc(N2CCCC2)nc1. The van der Waals surface area contributed by atoms with Gasteiger partial charge in [0, 0.05) is 37.2 Å². The fraction of sp³-hybridized carbons (Fsp3) is 0.667. The van der Waals surface area contributed by atoms with Crippen molar-refractivity contribution < 1.29 is 14.3 Å². The summed E-state index contributed by atoms with van der Waals surface area (Å²) in [4.78, 5) is 19.1. The molecule has 5 heteroatoms. The molecule has 1 aliphatic carbocycles. The fourth-order valence-electron chi connectivity index (χ4n) is 4.34. The maximum Gasteiger partial charge on any atom is 0.340 e. The summed E-state index contributed by atoms with van der Waals surface area (Å²) in [6.07, 6.45) is 5.24. The van der Waals surface area contributed by atoms with Gasteiger partial charge in [0.2, 0.25) is 0 Å². The molecule has 5 nitrogen and oxygen atoms in total. The maximum absolute atomic E-state index is 12.4. The Hall–Kier alpha value is -1.62. The van der Waals surface area contributed by atoms with Crippen LogP contribution in [0.2, 0.25) is 0 Å². The number of rotatable bonds is 3. The molecule has 3 atom stereocenters. The van der Waals surface area contributed by atoms with Crippen molar-refractivity contribution in [2.75, 3.05) is 24.6 Å². The first kappa shape index (κ1) is 14.9. The van der Waals surface area contributed by atoms with Crippen LogP contribution < -0.4 is 4.90 Å². The van der Waals surface area contributed by atoms with Gasteiger partial charge in [-0.25, -0.2) is 9.78 Å². The van der Waals surface area contributed by atoms with Gasteiger partial charge >= 0.3 is 5.97 Å². The molecule has 2 aliphatic heterocycles. The molecule has 1 saturated carbocycles. The molecular formula is C18H24N2O3. The topological polar surface area (TPSA) is 51.7 Å². The average Bonchev–Trinajstić information content (AvgIpc) is 3.23. The molecule has 1 aromatic heterocycles. The minimum atomic E-state index is -0.270. The first-order chi connectivity index (χ1) is 11.1. The number of fused-ring (bicyclic) bond motifs is 1. The van der Waals surface area contributed by atoms with Gasteiger partial charge in [-0.2, -0.15) is 0 Å². The van der Waals surface area contributed by atoms with E-state index in [0.717, 1.165) is 31.9 Å². The number of carbonyl (C=O) groups is 1. The lowest BCUT2D eigenvalue weighted by atomic mass is 9.59. The summed E-state index contributed by atoms with van der Waals surface area (Å²) in [6, 6.07) is 3.76. The molecule has 3 aliphatic rings. The zero-order chi connectivity index (χ0) is 16.0. The summed E-state index contributed by atoms with van der Waals surface area (Å²) in [6.45, 7) is 7.11. The lowest BCUT2D eigenvalue weighted by Crippen LogP contribution is -2.61. The maximum atomic E-state index is 12.4. The predicted molar refractivity (Wildman–Crippen MR) is 86.5 cm³/mol. The molecule has 23 heavy (non-hydrogen) atoms. The summed E-state index contributed by atoms with van der Waals surface area (Å²) in [5.41, 5.74) is 0.436. The third-order valence-corrected chi connectivity index (χ3v) is 5.64. The number of pyridine rings is 1. The smallest absolute Gasteiger partial charge is 0.340 e. The van der Waals surface area contributed by atoms with Crippen molar-refractivity contribution >= 4 is 11.8 Å². The second-order valence-corrected chi connectivity index (χ2v) is 7.49. The first-order valence-electron chi connectivity index (χ1n) is 8.61. The number of anilines is 1. The minimum absolute atomic E-state index is 0.0549. The predicted octanol–water partition coefficient (Wildman–Crippen LogP) is 2.65. The van der Waals surface area contributed by atoms with Crippen LogP contribution in [0.4, 0.5) is 5.82 Å². The molecule has 124 valence electrons. The van der Waals surface area contributed by atoms with Crippen LogP contribution in [0.15, 0.2) is 18.3 Å². The monoisotopic (exact) mass is 316 g/mol. The van der Waals surface area contributed by atoms with E-state index in [2.05, 4.69) is 23.7 Å². The Morgan fingerprint density at radius 1 is 1.35 bits per heavy atom. The van der Waals surface area contributed by atoms with E-state index in [9.17, 15) is 4.79 Å². The normalized spacial score (nSPS) is 31.6. The van der Waals surface area contributed by atoms with Gasteiger partial charge < -0.3 is 14.4 Å². The number of carbonyl (C=O) groups excluding carboxylic acids is 1. The van der Waals surface area contributed by atoms with E-state index in [1.165, 1.54) is 12.8 Å². The van der Waals surface area contributed by atoms with Crippen LogP contribution >= 0.6 is 0 Å². The van der Waals surface area contributed by atoms with Crippen LogP contribution in [-0.4, -0.2) is 42.9 Å². The lowest BCUT2D eigenvalue weighted by molar-refractivity contribution is -0.183. The molecule has 3 heterocycles. The Morgan fingerprint density at radius 3 is 2.83 bits per heavy atom. The molecule has 1 aromatic rings. The Labute approximate surface area is 137 Å². The average molecular weight is 316 g/mol. The van der Waals surface area contributed by atoms with Gasteiger partial charge in [-0.1, -0.05) is 13.8 Å². The van der Waals surface area contributed by atoms with E-state index in [1.54, 1.807) is 6.20 Å². The highest BCUT2D eigenvalue weighted by molar-refractivity contribution is 5.89. The number of hydrogen-bond donors (Lipinski definition) is 0. The third kappa shape index (κ3) is 2.42. The molecule has 0 amide bonds. The van der Waals surface area contributed by atoms with E-state index < -0.39 is 0 Å². The van der Waals surface area contributed by atoms with Crippen molar-refractivity contribution in [1.29, 1.82) is 0 Å². The van der Waals surface area contributed by atoms with Crippen molar-refractivity contribution in [1.82, 2.24) is 4.98 Å². The second kappa shape index (κ2) is 5.48. The Bertz CT molecular complexity index is 593. The quantitative estimate of drug-likeness (QED) is 0.803. The lowest BCUT2D eigenvalue weighted by Gasteiger charge is -2.53. The Morgan fingerprint density at radius 2 is 2.13 bits per heavy atom. The van der Waals surface area contributed by atoms with Gasteiger partial charge in [0.15, 0.2) is 0 Å². The number of ether oxygens (including phenoxy) is 2. The van der Waals surface area contributed by atoms with Crippen molar-refractivity contribution in [3.63, 3.8) is 0 Å². The van der Waals surface area contributed by atoms with Gasteiger partial charge in [-0.3, -0.25) is 0 Å². The van der Waals surface area contributed by atoms with Crippen LogP contribution in [0.3, 0.4) is 0 Å². The summed E-state index contributed by atoms with van der Waals surface area (Å²) >= 11 is 0. The molecule has 0 spiro atoms. The molecule has 0 radical (unpaired) electrons. The molecule has 0 unspecified atom stereocenters. The summed E-state index contributed by atoms with van der Waals surface area (Å²) < 4.78 is 11.5. The van der Waals surface area contributed by atoms with Gasteiger partial charge in [0.25, 0.3) is 0 Å². The summed E-state index contributed by atoms with van der Waals surface area (Å²) in [5, 5.41) is 0. The number of nitrogens with zero attached hydrogens (tertiary/aromatic N) is 2. The van der Waals surface area contributed by atoms with E-state index in [0.29, 0.717) is 11.5 Å². The third-order valence-electron chi connectivity index (χ3n) is 5.64. The van der Waals surface area contributed by atoms with Crippen LogP contribution in [0.25, 0.3) is 0 Å². The van der Waals surface area contributed by atoms with Gasteiger partial charge in [0.05, 0.1) is 11.7 Å². The minimum Gasteiger partial charge on any atom is -0.458 e. The van der Waals surface area contributed by atoms with E-state index in [1.807, 2.05) is 12.1 Å². The number of esters is 1. The number of hydrogen-bond acceptors (Lipinski definition) is 5. The Balaban J connectivity index is 1.43. The fourth-order valence-corrected chi connectivity index (χ4v) is 4.34. The van der Waals surface area contributed by atoms with Crippen LogP contribution in [0, 0.1) is 11.3 Å². The van der Waals surface area contributed by atoms with Gasteiger partial charge in [0.1, 0.15) is 11.9 Å². The van der Waals surface area contributed by atoms with E-state index in [4.69, 9.17) is 9.47 Å². The molecule has 3 fully saturated rings. The standard InChI is InChI=1S/C18H24N2O3/c1-18(2)15-13(7-10-22-15)16(18)23-17(21)12-5-6-14(19-11-12)20-8-3-4-9-20/h5-6,11,13,15-16H,3-4,7-10H2,1-2H3/t13-,15+,16-/m0/s1. The molecule has 0 aromatic carbocycles. The zero-order valence-corrected chi connectivity index (χ0v) is 13.8. The molecular weight excluding hydrogens is 292 g/mol. The van der Waals surface area contributed by atoms with Crippen molar-refractivity contribution in [2.24, 2.45) is 11.3 Å². The van der Waals surface area contributed by atoms with Crippen LogP contribution in [-0.2, 0) is 9.47 Å². The number of aromatic nitrogens is 1.